The summed E-state index contributed by atoms with van der Waals surface area (Å²) < 4.78 is 1.40. The second-order valence-electron chi connectivity index (χ2n) is 5.22. The van der Waals surface area contributed by atoms with Gasteiger partial charge in [-0.1, -0.05) is 24.3 Å². The third-order valence-corrected chi connectivity index (χ3v) is 3.90. The number of fused-ring (bicyclic) bond motifs is 3. The first-order chi connectivity index (χ1) is 10.5. The van der Waals surface area contributed by atoms with Crippen LogP contribution in [0.4, 0.5) is 0 Å². The zero-order chi connectivity index (χ0) is 15.6. The Morgan fingerprint density at radius 1 is 0.955 bits per heavy atom. The Bertz CT molecular complexity index is 923. The van der Waals surface area contributed by atoms with Crippen LogP contribution in [0.3, 0.4) is 0 Å². The van der Waals surface area contributed by atoms with E-state index in [1.807, 2.05) is 0 Å². The number of aryl methyl sites for hydroxylation is 1. The van der Waals surface area contributed by atoms with Crippen LogP contribution in [0.1, 0.15) is 31.8 Å². The predicted molar refractivity (Wildman–Crippen MR) is 77.4 cm³/mol. The molecule has 0 saturated heterocycles. The first-order valence-corrected chi connectivity index (χ1v) is 6.60. The number of nitrogens with zero attached hydrogens (tertiary/aromatic N) is 2. The fourth-order valence-electron chi connectivity index (χ4n) is 2.92. The van der Waals surface area contributed by atoms with E-state index in [-0.39, 0.29) is 44.7 Å². The summed E-state index contributed by atoms with van der Waals surface area (Å²) >= 11 is 0. The highest BCUT2D eigenvalue weighted by Crippen LogP contribution is 2.43. The van der Waals surface area contributed by atoms with Crippen LogP contribution in [0, 0.1) is 0 Å². The Labute approximate surface area is 124 Å². The zero-order valence-corrected chi connectivity index (χ0v) is 11.5. The van der Waals surface area contributed by atoms with Gasteiger partial charge in [0.2, 0.25) is 0 Å². The highest BCUT2D eigenvalue weighted by Gasteiger charge is 2.36. The first kappa shape index (κ1) is 12.6. The molecule has 1 aliphatic carbocycles. The van der Waals surface area contributed by atoms with Crippen molar-refractivity contribution in [1.29, 1.82) is 0 Å². The molecule has 0 bridgehead atoms. The van der Waals surface area contributed by atoms with Gasteiger partial charge < -0.3 is 10.2 Å². The summed E-state index contributed by atoms with van der Waals surface area (Å²) in [5.41, 5.74) is 0.177. The van der Waals surface area contributed by atoms with E-state index in [1.165, 1.54) is 23.0 Å². The van der Waals surface area contributed by atoms with Crippen LogP contribution in [0.25, 0.3) is 10.9 Å². The van der Waals surface area contributed by atoms with Crippen molar-refractivity contribution in [2.45, 2.75) is 0 Å². The topological polar surface area (TPSA) is 92.4 Å². The molecule has 2 N–H and O–H groups in total. The average molecular weight is 294 g/mol. The molecule has 0 fully saturated rings. The summed E-state index contributed by atoms with van der Waals surface area (Å²) in [5, 5.41) is 25.1. The summed E-state index contributed by atoms with van der Waals surface area (Å²) in [5.74, 6) is -1.69. The van der Waals surface area contributed by atoms with Crippen molar-refractivity contribution in [1.82, 2.24) is 9.78 Å². The molecule has 1 heterocycles. The van der Waals surface area contributed by atoms with Crippen molar-refractivity contribution in [2.24, 2.45) is 7.05 Å². The molecule has 1 aliphatic rings. The molecule has 6 nitrogen and oxygen atoms in total. The van der Waals surface area contributed by atoms with Crippen molar-refractivity contribution in [3.05, 3.63) is 52.7 Å². The molecule has 0 unspecified atom stereocenters. The van der Waals surface area contributed by atoms with E-state index in [9.17, 15) is 19.8 Å². The second-order valence-corrected chi connectivity index (χ2v) is 5.22. The van der Waals surface area contributed by atoms with Gasteiger partial charge in [-0.15, -0.1) is 0 Å². The van der Waals surface area contributed by atoms with E-state index in [2.05, 4.69) is 5.10 Å². The normalized spacial score (nSPS) is 13.3. The SMILES string of the molecule is Cn1cc2c(O)c3c(c(O)c2n1)C(=O)c1ccccc1C3=O. The number of hydrogen-bond acceptors (Lipinski definition) is 5. The van der Waals surface area contributed by atoms with Crippen LogP contribution in [0.15, 0.2) is 30.5 Å². The fourth-order valence-corrected chi connectivity index (χ4v) is 2.92. The number of carbonyl (C=O) groups is 2. The van der Waals surface area contributed by atoms with Gasteiger partial charge >= 0.3 is 0 Å². The number of hydrogen-bond donors (Lipinski definition) is 2. The Balaban J connectivity index is 2.19. The molecule has 2 aromatic carbocycles. The quantitative estimate of drug-likeness (QED) is 0.482. The van der Waals surface area contributed by atoms with E-state index in [1.54, 1.807) is 19.2 Å². The van der Waals surface area contributed by atoms with Crippen LogP contribution in [0.5, 0.6) is 11.5 Å². The molecule has 108 valence electrons. The smallest absolute Gasteiger partial charge is 0.198 e. The minimum Gasteiger partial charge on any atom is -0.506 e. The molecule has 3 aromatic rings. The third kappa shape index (κ3) is 1.36. The number of phenolic OH excluding ortho intramolecular Hbond substituents is 2. The molecule has 4 rings (SSSR count). The summed E-state index contributed by atoms with van der Waals surface area (Å²) in [7, 11) is 1.62. The summed E-state index contributed by atoms with van der Waals surface area (Å²) in [4.78, 5) is 25.2. The number of phenols is 2. The molecule has 0 amide bonds. The lowest BCUT2D eigenvalue weighted by Gasteiger charge is -2.19. The third-order valence-electron chi connectivity index (χ3n) is 3.90. The van der Waals surface area contributed by atoms with Gasteiger partial charge in [0.05, 0.1) is 16.5 Å². The monoisotopic (exact) mass is 294 g/mol. The van der Waals surface area contributed by atoms with Gasteiger partial charge in [-0.05, 0) is 0 Å². The Hall–Kier alpha value is -3.15. The van der Waals surface area contributed by atoms with E-state index in [4.69, 9.17) is 0 Å². The van der Waals surface area contributed by atoms with Crippen molar-refractivity contribution >= 4 is 22.5 Å². The molecule has 22 heavy (non-hydrogen) atoms. The highest BCUT2D eigenvalue weighted by molar-refractivity contribution is 6.32. The summed E-state index contributed by atoms with van der Waals surface area (Å²) in [6.45, 7) is 0. The standard InChI is InChI=1S/C16H10N2O4/c1-18-6-9-12(17-18)16(22)11-10(15(9)21)13(19)7-4-2-3-5-8(7)14(11)20/h2-6,21-22H,1H3. The lowest BCUT2D eigenvalue weighted by molar-refractivity contribution is 0.0974. The molecular weight excluding hydrogens is 284 g/mol. The molecule has 0 saturated carbocycles. The molecular formula is C16H10N2O4. The Morgan fingerprint density at radius 2 is 1.50 bits per heavy atom. The number of ketones is 2. The lowest BCUT2D eigenvalue weighted by Crippen LogP contribution is -2.21. The van der Waals surface area contributed by atoms with Crippen molar-refractivity contribution in [2.75, 3.05) is 0 Å². The average Bonchev–Trinajstić information content (AvgIpc) is 2.91. The number of benzene rings is 2. The largest absolute Gasteiger partial charge is 0.506 e. The molecule has 0 radical (unpaired) electrons. The molecule has 0 atom stereocenters. The van der Waals surface area contributed by atoms with Gasteiger partial charge in [-0.25, -0.2) is 0 Å². The molecule has 1 aromatic heterocycles. The van der Waals surface area contributed by atoms with E-state index in [0.29, 0.717) is 0 Å². The number of rotatable bonds is 0. The van der Waals surface area contributed by atoms with Gasteiger partial charge in [-0.3, -0.25) is 14.3 Å². The molecule has 0 aliphatic heterocycles. The van der Waals surface area contributed by atoms with Crippen molar-refractivity contribution < 1.29 is 19.8 Å². The van der Waals surface area contributed by atoms with Gasteiger partial charge in [0.25, 0.3) is 0 Å². The second kappa shape index (κ2) is 3.94. The molecule has 0 spiro atoms. The first-order valence-electron chi connectivity index (χ1n) is 6.60. The van der Waals surface area contributed by atoms with Crippen LogP contribution in [-0.4, -0.2) is 31.6 Å². The predicted octanol–water partition coefficient (Wildman–Crippen LogP) is 1.76. The van der Waals surface area contributed by atoms with Crippen LogP contribution in [0.2, 0.25) is 0 Å². The fraction of sp³-hybridized carbons (Fsp3) is 0.0625. The number of aromatic hydroxyl groups is 2. The van der Waals surface area contributed by atoms with Gasteiger partial charge in [0.15, 0.2) is 17.3 Å². The number of aromatic nitrogens is 2. The maximum Gasteiger partial charge on any atom is 0.198 e. The number of carbonyl (C=O) groups excluding carboxylic acids is 2. The Morgan fingerprint density at radius 3 is 2.09 bits per heavy atom. The minimum absolute atomic E-state index is 0.0966. The van der Waals surface area contributed by atoms with E-state index >= 15 is 0 Å². The maximum absolute atomic E-state index is 12.6. The van der Waals surface area contributed by atoms with Gasteiger partial charge in [0, 0.05) is 24.4 Å². The zero-order valence-electron chi connectivity index (χ0n) is 11.5. The highest BCUT2D eigenvalue weighted by atomic mass is 16.3. The van der Waals surface area contributed by atoms with Gasteiger partial charge in [0.1, 0.15) is 11.3 Å². The van der Waals surface area contributed by atoms with E-state index < -0.39 is 11.6 Å². The lowest BCUT2D eigenvalue weighted by atomic mass is 9.82. The Kier molecular flexibility index (Phi) is 2.25. The van der Waals surface area contributed by atoms with Crippen LogP contribution in [-0.2, 0) is 7.05 Å². The van der Waals surface area contributed by atoms with E-state index in [0.717, 1.165) is 0 Å². The molecule has 6 heteroatoms. The van der Waals surface area contributed by atoms with Crippen LogP contribution < -0.4 is 0 Å². The summed E-state index contributed by atoms with van der Waals surface area (Å²) in [6.07, 6.45) is 1.49. The van der Waals surface area contributed by atoms with Crippen molar-refractivity contribution in [3.63, 3.8) is 0 Å². The van der Waals surface area contributed by atoms with Crippen LogP contribution >= 0.6 is 0 Å². The summed E-state index contributed by atoms with van der Waals surface area (Å²) in [6, 6.07) is 6.35. The van der Waals surface area contributed by atoms with Crippen molar-refractivity contribution in [3.8, 4) is 11.5 Å². The minimum atomic E-state index is -0.495. The van der Waals surface area contributed by atoms with Gasteiger partial charge in [-0.2, -0.15) is 5.10 Å². The maximum atomic E-state index is 12.6.